The molecule has 4 fully saturated rings. The average molecular weight is 740 g/mol. The summed E-state index contributed by atoms with van der Waals surface area (Å²) < 4.78 is 4.98. The SMILES string of the molecule is C1CC[N-]CC1.C1COCC[N-]1.CN1CC[N-]CC1.[CH-]1CC[N-]CC1.[V].[V].[V].[V].[W]. The number of piperazine rings is 1. The van der Waals surface area contributed by atoms with E-state index in [2.05, 4.69) is 39.6 Å². The molecule has 4 aliphatic heterocycles. The van der Waals surface area contributed by atoms with Crippen molar-refractivity contribution >= 4 is 0 Å². The molecule has 176 valence electrons. The maximum Gasteiger partial charge on any atom is 0.0277 e. The molecule has 4 radical (unpaired) electrons. The number of ether oxygens (including phenoxy) is 1. The molecular formula is C19H38N5OV4W-5. The predicted octanol–water partition coefficient (Wildman–Crippen LogP) is 3.59. The van der Waals surface area contributed by atoms with Crippen molar-refractivity contribution in [2.24, 2.45) is 0 Å². The molecular weight excluding hydrogens is 702 g/mol. The molecule has 0 bridgehead atoms. The average Bonchev–Trinajstić information content (AvgIpc) is 2.74. The maximum atomic E-state index is 4.98. The summed E-state index contributed by atoms with van der Waals surface area (Å²) in [5, 5.41) is 16.6. The Bertz CT molecular complexity index is 210. The van der Waals surface area contributed by atoms with Crippen LogP contribution in [0, 0.1) is 6.42 Å². The van der Waals surface area contributed by atoms with Crippen LogP contribution in [0.3, 0.4) is 0 Å². The van der Waals surface area contributed by atoms with Crippen molar-refractivity contribution in [3.8, 4) is 0 Å². The van der Waals surface area contributed by atoms with Gasteiger partial charge in [0.15, 0.2) is 0 Å². The molecule has 0 aromatic carbocycles. The van der Waals surface area contributed by atoms with Gasteiger partial charge in [0, 0.05) is 109 Å². The van der Waals surface area contributed by atoms with Crippen molar-refractivity contribution in [2.45, 2.75) is 32.1 Å². The van der Waals surface area contributed by atoms with Gasteiger partial charge in [-0.3, -0.25) is 0 Å². The van der Waals surface area contributed by atoms with Crippen molar-refractivity contribution in [1.29, 1.82) is 0 Å². The van der Waals surface area contributed by atoms with Gasteiger partial charge in [-0.2, -0.15) is 25.9 Å². The van der Waals surface area contributed by atoms with Crippen LogP contribution >= 0.6 is 0 Å². The van der Waals surface area contributed by atoms with Gasteiger partial charge in [0.25, 0.3) is 0 Å². The van der Waals surface area contributed by atoms with Crippen LogP contribution in [0.15, 0.2) is 0 Å². The van der Waals surface area contributed by atoms with Gasteiger partial charge in [0.05, 0.1) is 0 Å². The van der Waals surface area contributed by atoms with Crippen LogP contribution in [0.4, 0.5) is 0 Å². The number of hydrogen-bond donors (Lipinski definition) is 0. The Morgan fingerprint density at radius 2 is 1.03 bits per heavy atom. The van der Waals surface area contributed by atoms with Crippen LogP contribution in [0.2, 0.25) is 0 Å². The number of hydrogen-bond acceptors (Lipinski definition) is 2. The summed E-state index contributed by atoms with van der Waals surface area (Å²) in [4.78, 5) is 2.30. The topological polar surface area (TPSA) is 68.9 Å². The van der Waals surface area contributed by atoms with Crippen molar-refractivity contribution < 1.29 is 100 Å². The number of morpholine rings is 1. The molecule has 30 heavy (non-hydrogen) atoms. The summed E-state index contributed by atoms with van der Waals surface area (Å²) >= 11 is 0. The fourth-order valence-corrected chi connectivity index (χ4v) is 2.54. The summed E-state index contributed by atoms with van der Waals surface area (Å²) in [6, 6.07) is 0. The molecule has 0 aromatic rings. The van der Waals surface area contributed by atoms with Gasteiger partial charge in [-0.05, 0) is 20.1 Å². The van der Waals surface area contributed by atoms with Gasteiger partial charge in [0.1, 0.15) is 0 Å². The first-order valence-electron chi connectivity index (χ1n) is 10.0. The Morgan fingerprint density at radius 1 is 0.600 bits per heavy atom. The molecule has 4 saturated heterocycles. The Balaban J connectivity index is -0.0000000879. The van der Waals surface area contributed by atoms with E-state index in [0.29, 0.717) is 0 Å². The minimum atomic E-state index is 0. The van der Waals surface area contributed by atoms with E-state index in [9.17, 15) is 0 Å². The third-order valence-corrected chi connectivity index (χ3v) is 4.18. The maximum absolute atomic E-state index is 4.98. The first-order valence-corrected chi connectivity index (χ1v) is 10.0. The molecule has 6 nitrogen and oxygen atoms in total. The van der Waals surface area contributed by atoms with Crippen molar-refractivity contribution in [3.05, 3.63) is 27.7 Å². The minimum absolute atomic E-state index is 0. The van der Waals surface area contributed by atoms with Crippen LogP contribution in [0.1, 0.15) is 32.1 Å². The van der Waals surface area contributed by atoms with Crippen LogP contribution in [0.25, 0.3) is 21.3 Å². The second kappa shape index (κ2) is 36.4. The Labute approximate surface area is 248 Å². The zero-order valence-electron chi connectivity index (χ0n) is 18.4. The van der Waals surface area contributed by atoms with Gasteiger partial charge in [0.2, 0.25) is 0 Å². The number of nitrogens with zero attached hydrogens (tertiary/aromatic N) is 5. The molecule has 4 aliphatic rings. The van der Waals surface area contributed by atoms with Crippen LogP contribution in [-0.4, -0.2) is 90.6 Å². The quantitative estimate of drug-likeness (QED) is 0.357. The van der Waals surface area contributed by atoms with E-state index in [-0.39, 0.29) is 95.3 Å². The summed E-state index contributed by atoms with van der Waals surface area (Å²) in [5.41, 5.74) is 0. The smallest absolute Gasteiger partial charge is 0.0277 e. The molecule has 0 N–H and O–H groups in total. The molecule has 4 rings (SSSR count). The van der Waals surface area contributed by atoms with E-state index in [1.807, 2.05) is 0 Å². The molecule has 0 saturated carbocycles. The Morgan fingerprint density at radius 3 is 1.20 bits per heavy atom. The molecule has 11 heteroatoms. The normalized spacial score (nSPS) is 20.3. The van der Waals surface area contributed by atoms with E-state index in [1.54, 1.807) is 0 Å². The standard InChI is InChI=1S/C5H11N2.C5H10N.C5H9N.C4H8NO.4V.W/c1-7-4-2-6-3-5-7;2*1-2-4-6-5-3-1;1-3-6-4-2-5-1;;;;;/h2-5H2,1H3;1-5H2;1H,2-5H2;1-4H2;;;;;/q2*-1;-2;-1;;;;;. The fourth-order valence-electron chi connectivity index (χ4n) is 2.54. The zero-order chi connectivity index (χ0) is 17.8. The second-order valence-corrected chi connectivity index (χ2v) is 6.53. The van der Waals surface area contributed by atoms with E-state index in [0.717, 1.165) is 78.7 Å². The van der Waals surface area contributed by atoms with Crippen LogP contribution < -0.4 is 0 Å². The Kier molecular flexibility index (Phi) is 52.0. The van der Waals surface area contributed by atoms with Gasteiger partial charge in [-0.1, -0.05) is 19.3 Å². The van der Waals surface area contributed by atoms with Gasteiger partial charge in [-0.25, -0.2) is 0 Å². The van der Waals surface area contributed by atoms with E-state index in [1.165, 1.54) is 32.1 Å². The second-order valence-electron chi connectivity index (χ2n) is 6.53. The molecule has 0 spiro atoms. The molecule has 0 aromatic heterocycles. The summed E-state index contributed by atoms with van der Waals surface area (Å²) in [6.07, 6.45) is 8.79. The largest absolute Gasteiger partial charge is 0.666 e. The van der Waals surface area contributed by atoms with E-state index >= 15 is 0 Å². The molecule has 4 heterocycles. The number of rotatable bonds is 0. The van der Waals surface area contributed by atoms with Crippen LogP contribution in [0.5, 0.6) is 0 Å². The summed E-state index contributed by atoms with van der Waals surface area (Å²) in [6.45, 7) is 12.2. The third-order valence-electron chi connectivity index (χ3n) is 4.18. The molecule has 0 amide bonds. The fraction of sp³-hybridized carbons (Fsp3) is 0.947. The van der Waals surface area contributed by atoms with Crippen LogP contribution in [-0.2, 0) is 100 Å². The number of likely N-dealkylation sites (N-methyl/N-ethyl adjacent to an activating group) is 1. The van der Waals surface area contributed by atoms with E-state index in [4.69, 9.17) is 4.74 Å². The first-order chi connectivity index (χ1) is 12.4. The van der Waals surface area contributed by atoms with Crippen molar-refractivity contribution in [1.82, 2.24) is 4.90 Å². The van der Waals surface area contributed by atoms with Gasteiger partial charge >= 0.3 is 0 Å². The van der Waals surface area contributed by atoms with Crippen molar-refractivity contribution in [3.63, 3.8) is 0 Å². The van der Waals surface area contributed by atoms with Gasteiger partial charge < -0.3 is 37.3 Å². The third kappa shape index (κ3) is 33.0. The van der Waals surface area contributed by atoms with Gasteiger partial charge in [-0.15, -0.1) is 39.3 Å². The minimum Gasteiger partial charge on any atom is -0.666 e. The monoisotopic (exact) mass is 740 g/mol. The number of piperidine rings is 2. The first kappa shape index (κ1) is 42.9. The molecule has 0 atom stereocenters. The molecule has 0 aliphatic carbocycles. The van der Waals surface area contributed by atoms with Crippen molar-refractivity contribution in [2.75, 3.05) is 85.7 Å². The Hall–Kier alpha value is 2.79. The zero-order valence-corrected chi connectivity index (χ0v) is 27.0. The molecule has 0 unspecified atom stereocenters. The predicted molar refractivity (Wildman–Crippen MR) is 108 cm³/mol. The van der Waals surface area contributed by atoms with E-state index < -0.39 is 0 Å². The summed E-state index contributed by atoms with van der Waals surface area (Å²) in [7, 11) is 2.13. The summed E-state index contributed by atoms with van der Waals surface area (Å²) in [5.74, 6) is 0.